The maximum atomic E-state index is 12.2. The van der Waals surface area contributed by atoms with Crippen LogP contribution in [0.25, 0.3) is 0 Å². The van der Waals surface area contributed by atoms with Gasteiger partial charge in [0.05, 0.1) is 6.61 Å². The van der Waals surface area contributed by atoms with Crippen LogP contribution in [0.3, 0.4) is 0 Å². The zero-order valence-electron chi connectivity index (χ0n) is 8.21. The number of rotatable bonds is 3. The first kappa shape index (κ1) is 11.8. The molecule has 0 aliphatic carbocycles. The Kier molecular flexibility index (Phi) is 3.57. The molecule has 0 aliphatic heterocycles. The molecule has 0 saturated heterocycles. The number of benzene rings is 1. The maximum absolute atomic E-state index is 12.2. The van der Waals surface area contributed by atoms with E-state index in [1.165, 1.54) is 24.3 Å². The van der Waals surface area contributed by atoms with Gasteiger partial charge < -0.3 is 10.5 Å². The summed E-state index contributed by atoms with van der Waals surface area (Å²) in [5.74, 6) is 0.538. The number of hydrogen-bond donors (Lipinski definition) is 1. The third-order valence-corrected chi connectivity index (χ3v) is 1.90. The van der Waals surface area contributed by atoms with Crippen LogP contribution in [0.1, 0.15) is 18.5 Å². The molecule has 0 heterocycles. The van der Waals surface area contributed by atoms with Crippen molar-refractivity contribution in [3.05, 3.63) is 29.8 Å². The second-order valence-corrected chi connectivity index (χ2v) is 3.02. The molecule has 0 spiro atoms. The van der Waals surface area contributed by atoms with Crippen molar-refractivity contribution in [3.63, 3.8) is 0 Å². The Labute approximate surface area is 85.8 Å². The first-order valence-corrected chi connectivity index (χ1v) is 4.50. The van der Waals surface area contributed by atoms with E-state index in [1.54, 1.807) is 6.92 Å². The smallest absolute Gasteiger partial charge is 0.407 e. The van der Waals surface area contributed by atoms with Crippen LogP contribution in [0.2, 0.25) is 0 Å². The van der Waals surface area contributed by atoms with E-state index in [-0.39, 0.29) is 5.56 Å². The Balaban J connectivity index is 2.80. The summed E-state index contributed by atoms with van der Waals surface area (Å²) in [6, 6.07) is 3.66. The third-order valence-electron chi connectivity index (χ3n) is 1.90. The largest absolute Gasteiger partial charge is 0.494 e. The summed E-state index contributed by atoms with van der Waals surface area (Å²) in [5.41, 5.74) is 5.06. The minimum absolute atomic E-state index is 0.0333. The van der Waals surface area contributed by atoms with Crippen LogP contribution >= 0.6 is 0 Å². The minimum atomic E-state index is -4.41. The van der Waals surface area contributed by atoms with Crippen LogP contribution in [0.4, 0.5) is 13.2 Å². The number of halogens is 3. The van der Waals surface area contributed by atoms with E-state index in [1.807, 2.05) is 0 Å². The SMILES string of the molecule is CCOc1ccc([C@H](N)C(F)(F)F)cc1. The zero-order chi connectivity index (χ0) is 11.5. The van der Waals surface area contributed by atoms with Crippen LogP contribution in [0.15, 0.2) is 24.3 Å². The Morgan fingerprint density at radius 2 is 1.80 bits per heavy atom. The lowest BCUT2D eigenvalue weighted by atomic mass is 10.1. The lowest BCUT2D eigenvalue weighted by molar-refractivity contribution is -0.149. The molecule has 1 aromatic carbocycles. The van der Waals surface area contributed by atoms with Crippen molar-refractivity contribution in [2.24, 2.45) is 5.73 Å². The summed E-state index contributed by atoms with van der Waals surface area (Å²) in [7, 11) is 0. The second kappa shape index (κ2) is 4.53. The average molecular weight is 219 g/mol. The standard InChI is InChI=1S/C10H12F3NO/c1-2-15-8-5-3-7(4-6-8)9(14)10(11,12)13/h3-6,9H,2,14H2,1H3/t9-/m0/s1. The lowest BCUT2D eigenvalue weighted by Gasteiger charge is -2.16. The van der Waals surface area contributed by atoms with Gasteiger partial charge in [-0.1, -0.05) is 12.1 Å². The zero-order valence-corrected chi connectivity index (χ0v) is 8.21. The van der Waals surface area contributed by atoms with Gasteiger partial charge in [0.25, 0.3) is 0 Å². The fraction of sp³-hybridized carbons (Fsp3) is 0.400. The Hall–Kier alpha value is -1.23. The summed E-state index contributed by atoms with van der Waals surface area (Å²) in [5, 5.41) is 0. The molecular weight excluding hydrogens is 207 g/mol. The van der Waals surface area contributed by atoms with Gasteiger partial charge in [-0.15, -0.1) is 0 Å². The molecule has 0 aliphatic rings. The van der Waals surface area contributed by atoms with Gasteiger partial charge in [-0.05, 0) is 24.6 Å². The summed E-state index contributed by atoms with van der Waals surface area (Å²) >= 11 is 0. The minimum Gasteiger partial charge on any atom is -0.494 e. The highest BCUT2D eigenvalue weighted by atomic mass is 19.4. The Morgan fingerprint density at radius 1 is 1.27 bits per heavy atom. The number of nitrogens with two attached hydrogens (primary N) is 1. The van der Waals surface area contributed by atoms with Gasteiger partial charge in [0.15, 0.2) is 0 Å². The third kappa shape index (κ3) is 3.13. The van der Waals surface area contributed by atoms with E-state index in [2.05, 4.69) is 0 Å². The number of alkyl halides is 3. The van der Waals surface area contributed by atoms with Crippen LogP contribution in [0, 0.1) is 0 Å². The number of hydrogen-bond acceptors (Lipinski definition) is 2. The molecule has 1 atom stereocenters. The lowest BCUT2D eigenvalue weighted by Crippen LogP contribution is -2.28. The number of ether oxygens (including phenoxy) is 1. The van der Waals surface area contributed by atoms with Gasteiger partial charge in [0.1, 0.15) is 11.8 Å². The summed E-state index contributed by atoms with van der Waals surface area (Å²) in [6.45, 7) is 2.28. The molecule has 0 amide bonds. The van der Waals surface area contributed by atoms with Crippen molar-refractivity contribution >= 4 is 0 Å². The van der Waals surface area contributed by atoms with Gasteiger partial charge in [-0.25, -0.2) is 0 Å². The van der Waals surface area contributed by atoms with Crippen molar-refractivity contribution in [3.8, 4) is 5.75 Å². The van der Waals surface area contributed by atoms with Crippen LogP contribution < -0.4 is 10.5 Å². The van der Waals surface area contributed by atoms with Crippen LogP contribution in [0.5, 0.6) is 5.75 Å². The predicted molar refractivity (Wildman–Crippen MR) is 50.6 cm³/mol. The van der Waals surface area contributed by atoms with E-state index >= 15 is 0 Å². The fourth-order valence-electron chi connectivity index (χ4n) is 1.13. The Morgan fingerprint density at radius 3 is 2.20 bits per heavy atom. The van der Waals surface area contributed by atoms with E-state index < -0.39 is 12.2 Å². The molecule has 5 heteroatoms. The summed E-state index contributed by atoms with van der Waals surface area (Å²) in [6.07, 6.45) is -4.41. The summed E-state index contributed by atoms with van der Waals surface area (Å²) in [4.78, 5) is 0. The van der Waals surface area contributed by atoms with E-state index in [9.17, 15) is 13.2 Å². The van der Waals surface area contributed by atoms with E-state index in [0.29, 0.717) is 12.4 Å². The molecule has 0 fully saturated rings. The van der Waals surface area contributed by atoms with Crippen molar-refractivity contribution in [1.82, 2.24) is 0 Å². The molecule has 0 aromatic heterocycles. The van der Waals surface area contributed by atoms with Crippen LogP contribution in [-0.4, -0.2) is 12.8 Å². The van der Waals surface area contributed by atoms with E-state index in [0.717, 1.165) is 0 Å². The van der Waals surface area contributed by atoms with Crippen molar-refractivity contribution < 1.29 is 17.9 Å². The molecular formula is C10H12F3NO. The quantitative estimate of drug-likeness (QED) is 0.848. The highest BCUT2D eigenvalue weighted by molar-refractivity contribution is 5.29. The molecule has 84 valence electrons. The predicted octanol–water partition coefficient (Wildman–Crippen LogP) is 2.65. The molecule has 0 bridgehead atoms. The Bertz CT molecular complexity index is 307. The van der Waals surface area contributed by atoms with Gasteiger partial charge in [0.2, 0.25) is 0 Å². The maximum Gasteiger partial charge on any atom is 0.407 e. The fourth-order valence-corrected chi connectivity index (χ4v) is 1.13. The topological polar surface area (TPSA) is 35.2 Å². The van der Waals surface area contributed by atoms with Gasteiger partial charge in [-0.3, -0.25) is 0 Å². The second-order valence-electron chi connectivity index (χ2n) is 3.02. The van der Waals surface area contributed by atoms with Gasteiger partial charge >= 0.3 is 6.18 Å². The average Bonchev–Trinajstić information content (AvgIpc) is 2.17. The van der Waals surface area contributed by atoms with Gasteiger partial charge in [-0.2, -0.15) is 13.2 Å². The molecule has 15 heavy (non-hydrogen) atoms. The molecule has 2 N–H and O–H groups in total. The molecule has 1 aromatic rings. The highest BCUT2D eigenvalue weighted by Crippen LogP contribution is 2.30. The monoisotopic (exact) mass is 219 g/mol. The van der Waals surface area contributed by atoms with Crippen molar-refractivity contribution in [2.45, 2.75) is 19.1 Å². The molecule has 2 nitrogen and oxygen atoms in total. The molecule has 0 saturated carbocycles. The first-order chi connectivity index (χ1) is 6.95. The van der Waals surface area contributed by atoms with Crippen molar-refractivity contribution in [1.29, 1.82) is 0 Å². The summed E-state index contributed by atoms with van der Waals surface area (Å²) < 4.78 is 41.8. The normalized spacial score (nSPS) is 13.7. The molecule has 0 radical (unpaired) electrons. The highest BCUT2D eigenvalue weighted by Gasteiger charge is 2.37. The van der Waals surface area contributed by atoms with Crippen molar-refractivity contribution in [2.75, 3.05) is 6.61 Å². The molecule has 0 unspecified atom stereocenters. The first-order valence-electron chi connectivity index (χ1n) is 4.50. The van der Waals surface area contributed by atoms with E-state index in [4.69, 9.17) is 10.5 Å². The molecule has 1 rings (SSSR count). The van der Waals surface area contributed by atoms with Gasteiger partial charge in [0, 0.05) is 0 Å². The van der Waals surface area contributed by atoms with Crippen LogP contribution in [-0.2, 0) is 0 Å².